The van der Waals surface area contributed by atoms with Crippen molar-refractivity contribution in [1.82, 2.24) is 60.9 Å². The number of benzene rings is 1. The number of hydrogen-bond donors (Lipinski definition) is 7. The lowest BCUT2D eigenvalue weighted by Crippen LogP contribution is -2.62. The van der Waals surface area contributed by atoms with Gasteiger partial charge in [0.15, 0.2) is 0 Å². The van der Waals surface area contributed by atoms with Crippen LogP contribution in [0.1, 0.15) is 220 Å². The van der Waals surface area contributed by atoms with Crippen LogP contribution >= 0.6 is 11.8 Å². The van der Waals surface area contributed by atoms with Crippen LogP contribution in [0, 0.1) is 35.5 Å². The molecule has 0 saturated carbocycles. The Hall–Kier alpha value is -7.36. The van der Waals surface area contributed by atoms with Crippen LogP contribution in [0.5, 0.6) is 0 Å². The third-order valence-corrected chi connectivity index (χ3v) is 21.4. The van der Waals surface area contributed by atoms with E-state index in [2.05, 4.69) is 26.6 Å². The first kappa shape index (κ1) is 90.9. The minimum absolute atomic E-state index is 0.0256. The van der Waals surface area contributed by atoms with Crippen molar-refractivity contribution in [3.05, 3.63) is 34.9 Å². The van der Waals surface area contributed by atoms with E-state index in [1.54, 1.807) is 41.5 Å². The Labute approximate surface area is 623 Å². The summed E-state index contributed by atoms with van der Waals surface area (Å²) in [5.74, 6) is -11.8. The predicted molar refractivity (Wildman–Crippen MR) is 403 cm³/mol. The number of rotatable bonds is 16. The van der Waals surface area contributed by atoms with E-state index in [0.29, 0.717) is 44.4 Å². The topological polar surface area (TPSA) is 345 Å². The summed E-state index contributed by atoms with van der Waals surface area (Å²) in [6, 6.07) is -9.84. The molecule has 12 amide bonds. The summed E-state index contributed by atoms with van der Waals surface area (Å²) in [5.41, 5.74) is 0.108. The van der Waals surface area contributed by atoms with E-state index < -0.39 is 161 Å². The van der Waals surface area contributed by atoms with Gasteiger partial charge in [-0.05, 0) is 137 Å². The summed E-state index contributed by atoms with van der Waals surface area (Å²) < 4.78 is 0. The lowest BCUT2D eigenvalue weighted by atomic mass is 9.87. The van der Waals surface area contributed by atoms with Gasteiger partial charge in [-0.3, -0.25) is 57.5 Å². The first-order chi connectivity index (χ1) is 48.6. The van der Waals surface area contributed by atoms with E-state index in [9.17, 15) is 43.8 Å². The minimum atomic E-state index is -1.49. The molecule has 0 radical (unpaired) electrons. The number of carboxylic acids is 1. The van der Waals surface area contributed by atoms with Crippen molar-refractivity contribution in [2.75, 3.05) is 74.0 Å². The molecule has 7 N–H and O–H groups in total. The van der Waals surface area contributed by atoms with Gasteiger partial charge in [-0.15, -0.1) is 0 Å². The maximum absolute atomic E-state index is 15.9. The molecule has 104 heavy (non-hydrogen) atoms. The highest BCUT2D eigenvalue weighted by Gasteiger charge is 2.46. The molecule has 1 saturated heterocycles. The van der Waals surface area contributed by atoms with E-state index in [-0.39, 0.29) is 91.2 Å². The first-order valence-corrected chi connectivity index (χ1v) is 38.7. The van der Waals surface area contributed by atoms with Gasteiger partial charge in [0.25, 0.3) is 5.91 Å². The van der Waals surface area contributed by atoms with Gasteiger partial charge in [-0.2, -0.15) is 11.8 Å². The number of carboxylic acid groups (broad SMARTS) is 1. The highest BCUT2D eigenvalue weighted by Crippen LogP contribution is 2.31. The summed E-state index contributed by atoms with van der Waals surface area (Å²) in [4.78, 5) is 202. The van der Waals surface area contributed by atoms with Crippen LogP contribution in [-0.2, 0) is 52.7 Å². The molecular formula is C76H128N12O15S. The minimum Gasteiger partial charge on any atom is -0.478 e. The van der Waals surface area contributed by atoms with E-state index >= 15 is 28.8 Å². The number of carbonyl (C=O) groups excluding carboxylic acids is 12. The Bertz CT molecular complexity index is 3110. The summed E-state index contributed by atoms with van der Waals surface area (Å²) in [7, 11) is 9.99. The fourth-order valence-corrected chi connectivity index (χ4v) is 14.9. The van der Waals surface area contributed by atoms with Gasteiger partial charge >= 0.3 is 5.97 Å². The van der Waals surface area contributed by atoms with Crippen LogP contribution in [0.25, 0.3) is 0 Å². The van der Waals surface area contributed by atoms with E-state index in [0.717, 1.165) is 12.8 Å². The van der Waals surface area contributed by atoms with Gasteiger partial charge in [0.1, 0.15) is 66.5 Å². The molecule has 0 spiro atoms. The molecule has 1 aromatic carbocycles. The number of fused-ring (bicyclic) bond motifs is 12. The number of amides is 12. The Morgan fingerprint density at radius 2 is 1.04 bits per heavy atom. The molecule has 1 aromatic rings. The van der Waals surface area contributed by atoms with Crippen LogP contribution in [0.3, 0.4) is 0 Å². The number of nitrogens with one attached hydrogen (secondary N) is 5. The molecule has 27 nitrogen and oxygen atoms in total. The molecule has 1 unspecified atom stereocenters. The van der Waals surface area contributed by atoms with Gasteiger partial charge in [0, 0.05) is 73.8 Å². The maximum atomic E-state index is 15.9. The Kier molecular flexibility index (Phi) is 37.3. The molecule has 3 aliphatic heterocycles. The fraction of sp³-hybridized carbons (Fsp3) is 0.750. The number of hydrogen-bond acceptors (Lipinski definition) is 15. The largest absolute Gasteiger partial charge is 0.478 e. The average Bonchev–Trinajstić information content (AvgIpc) is 0.803. The van der Waals surface area contributed by atoms with Crippen molar-refractivity contribution in [1.29, 1.82) is 0 Å². The normalized spacial score (nSPS) is 27.0. The van der Waals surface area contributed by atoms with Crippen molar-refractivity contribution in [2.24, 2.45) is 35.5 Å². The Balaban J connectivity index is 2.51. The van der Waals surface area contributed by atoms with Crippen LogP contribution in [0.15, 0.2) is 18.2 Å². The number of aliphatic hydroxyl groups excluding tert-OH is 1. The van der Waals surface area contributed by atoms with E-state index in [1.165, 1.54) is 127 Å². The van der Waals surface area contributed by atoms with Crippen molar-refractivity contribution < 1.29 is 72.5 Å². The average molecular weight is 1480 g/mol. The van der Waals surface area contributed by atoms with Gasteiger partial charge < -0.3 is 71.1 Å². The molecule has 0 aromatic heterocycles. The second kappa shape index (κ2) is 42.7. The monoisotopic (exact) mass is 1480 g/mol. The summed E-state index contributed by atoms with van der Waals surface area (Å²) >= 11 is 1.36. The molecule has 4 bridgehead atoms. The number of aliphatic hydroxyl groups is 1. The molecular weight excluding hydrogens is 1350 g/mol. The summed E-state index contributed by atoms with van der Waals surface area (Å²) in [5, 5.41) is 34.6. The Morgan fingerprint density at radius 1 is 0.519 bits per heavy atom. The quantitative estimate of drug-likeness (QED) is 0.0969. The molecule has 3 heterocycles. The van der Waals surface area contributed by atoms with Crippen LogP contribution in [0.4, 0.5) is 0 Å². The van der Waals surface area contributed by atoms with Gasteiger partial charge in [0.2, 0.25) is 65.0 Å². The fourth-order valence-electron chi connectivity index (χ4n) is 13.7. The molecule has 13 atom stereocenters. The number of aromatic carboxylic acids is 1. The lowest BCUT2D eigenvalue weighted by Gasteiger charge is -2.41. The van der Waals surface area contributed by atoms with E-state index in [1.807, 2.05) is 48.5 Å². The first-order valence-electron chi connectivity index (χ1n) is 37.5. The second-order valence-corrected chi connectivity index (χ2v) is 32.2. The summed E-state index contributed by atoms with van der Waals surface area (Å²) in [6.07, 6.45) is 4.59. The second-order valence-electron chi connectivity index (χ2n) is 31.0. The predicted octanol–water partition coefficient (Wildman–Crippen LogP) is 5.75. The molecule has 4 rings (SSSR count). The molecule has 0 aliphatic carbocycles. The zero-order valence-electron chi connectivity index (χ0n) is 66.4. The van der Waals surface area contributed by atoms with Crippen molar-refractivity contribution in [2.45, 2.75) is 260 Å². The zero-order valence-corrected chi connectivity index (χ0v) is 67.2. The van der Waals surface area contributed by atoms with Crippen molar-refractivity contribution >= 4 is 88.6 Å². The van der Waals surface area contributed by atoms with E-state index in [4.69, 9.17) is 0 Å². The molecule has 1 fully saturated rings. The smallest absolute Gasteiger partial charge is 0.335 e. The molecule has 28 heteroatoms. The number of carbonyl (C=O) groups is 13. The third-order valence-electron chi connectivity index (χ3n) is 20.3. The lowest BCUT2D eigenvalue weighted by molar-refractivity contribution is -0.156. The highest BCUT2D eigenvalue weighted by molar-refractivity contribution is 7.99. The third kappa shape index (κ3) is 25.4. The number of unbranched alkanes of at least 4 members (excludes halogenated alkanes) is 1. The standard InChI is InChI=1S/C76H128N12O15S/c1-23-55-70(96)87(21)61(42-104-35-29-28-34-89)73(99)82(16)57(37-44(4)5)68(94)81-62(46(8)9)74(100)83(17)56(36-43(2)3)66(92)78-50(14)64(90)79-51(15)69(95)85(19)59(38-45(6)7)71(97)86(20)60-40-49(13)53-32-31-52(41-54(53)76(102)103)65(91)77-33-27-25-24-26-30-48(12)39-58(67(93)80-55)84(18)75(101)63(47(10)11)88(22)72(60)98/h31-32,41,43-51,55-63,89H,23-30,33-40,42H2,1-22H3,(H,77,91)(H,78,92)(H,79,90)(H,80,93)(H,81,94)(H,102,103)/t48-,49?,50-,51+,55+,56-,57+,58+,59+,60+,61-,62-,63+/m1/s1. The van der Waals surface area contributed by atoms with Crippen molar-refractivity contribution in [3.8, 4) is 0 Å². The number of likely N-dealkylation sites (N-methyl/N-ethyl adjacent to an activating group) is 7. The molecule has 3 aliphatic rings. The Morgan fingerprint density at radius 3 is 1.59 bits per heavy atom. The van der Waals surface area contributed by atoms with Crippen LogP contribution in [0.2, 0.25) is 0 Å². The van der Waals surface area contributed by atoms with Crippen LogP contribution in [-0.4, -0.2) is 262 Å². The van der Waals surface area contributed by atoms with Gasteiger partial charge in [0.05, 0.1) is 5.56 Å². The van der Waals surface area contributed by atoms with Crippen LogP contribution < -0.4 is 26.6 Å². The highest BCUT2D eigenvalue weighted by atomic mass is 32.2. The SMILES string of the molecule is CC[C@@H]1NC(=O)[C@@H]2C[C@H](C)CCCCCCNC(=O)c3ccc(c(C(=O)O)c3)C(C)C[C@@H](C(=O)N(C)[C@@H](C(C)C)C(=O)N2C)N(C)C(=O)[C@H](CC(C)C)N(C)C(=O)[C@H](C)NC(=O)[C@@H](C)NC(=O)[C@@H](CC(C)C)N(C)C(=O)[C@@H](C(C)C)NC(=O)[C@H](CC(C)C)N(C)C(=O)[C@@H](CSCCCCO)N(C)C1=O. The maximum Gasteiger partial charge on any atom is 0.335 e. The number of nitrogens with zero attached hydrogens (tertiary/aromatic N) is 7. The number of thioether (sulfide) groups is 1. The van der Waals surface area contributed by atoms with Gasteiger partial charge in [-0.1, -0.05) is 122 Å². The summed E-state index contributed by atoms with van der Waals surface area (Å²) in [6.45, 7) is 26.4. The molecule has 588 valence electrons. The zero-order chi connectivity index (χ0) is 79.1. The van der Waals surface area contributed by atoms with Crippen molar-refractivity contribution in [3.63, 3.8) is 0 Å². The van der Waals surface area contributed by atoms with Gasteiger partial charge in [-0.25, -0.2) is 4.79 Å².